The van der Waals surface area contributed by atoms with Crippen LogP contribution < -0.4 is 5.32 Å². The molecule has 0 aromatic heterocycles. The van der Waals surface area contributed by atoms with Crippen molar-refractivity contribution in [3.8, 4) is 0 Å². The van der Waals surface area contributed by atoms with Crippen molar-refractivity contribution in [3.05, 3.63) is 34.9 Å². The van der Waals surface area contributed by atoms with Crippen LogP contribution in [0.25, 0.3) is 0 Å². The van der Waals surface area contributed by atoms with E-state index < -0.39 is 0 Å². The highest BCUT2D eigenvalue weighted by molar-refractivity contribution is 6.30. The minimum atomic E-state index is 0.497. The van der Waals surface area contributed by atoms with Crippen molar-refractivity contribution in [2.45, 2.75) is 51.5 Å². The molecule has 1 N–H and O–H groups in total. The lowest BCUT2D eigenvalue weighted by atomic mass is 9.74. The summed E-state index contributed by atoms with van der Waals surface area (Å²) in [5, 5.41) is 4.41. The molecule has 1 aromatic carbocycles. The van der Waals surface area contributed by atoms with Gasteiger partial charge in [0.15, 0.2) is 0 Å². The highest BCUT2D eigenvalue weighted by Gasteiger charge is 2.38. The van der Waals surface area contributed by atoms with Crippen LogP contribution in [0.15, 0.2) is 24.3 Å². The van der Waals surface area contributed by atoms with Gasteiger partial charge in [-0.2, -0.15) is 0 Å². The summed E-state index contributed by atoms with van der Waals surface area (Å²) in [6.07, 6.45) is 7.89. The Balaban J connectivity index is 2.13. The van der Waals surface area contributed by atoms with Crippen molar-refractivity contribution in [2.24, 2.45) is 5.41 Å². The minimum Gasteiger partial charge on any atom is -0.316 e. The molecule has 18 heavy (non-hydrogen) atoms. The zero-order valence-corrected chi connectivity index (χ0v) is 12.3. The predicted octanol–water partition coefficient (Wildman–Crippen LogP) is 4.44. The second kappa shape index (κ2) is 6.08. The lowest BCUT2D eigenvalue weighted by Gasteiger charge is -2.37. The first-order valence-corrected chi connectivity index (χ1v) is 7.50. The number of benzene rings is 1. The molecule has 0 aliphatic heterocycles. The average Bonchev–Trinajstić information content (AvgIpc) is 2.86. The summed E-state index contributed by atoms with van der Waals surface area (Å²) >= 11 is 6.08. The van der Waals surface area contributed by atoms with Crippen LogP contribution in [0.3, 0.4) is 0 Å². The monoisotopic (exact) mass is 265 g/mol. The van der Waals surface area contributed by atoms with Crippen LogP contribution in [0.2, 0.25) is 5.02 Å². The van der Waals surface area contributed by atoms with Gasteiger partial charge in [0.2, 0.25) is 0 Å². The largest absolute Gasteiger partial charge is 0.316 e. The minimum absolute atomic E-state index is 0.497. The second-order valence-corrected chi connectivity index (χ2v) is 6.03. The van der Waals surface area contributed by atoms with Crippen molar-refractivity contribution < 1.29 is 0 Å². The SMILES string of the molecule is CCC1(C(Cc2cccc(Cl)c2)NC)CCCC1. The maximum atomic E-state index is 6.08. The van der Waals surface area contributed by atoms with Crippen molar-refractivity contribution >= 4 is 11.6 Å². The fourth-order valence-electron chi connectivity index (χ4n) is 3.55. The summed E-state index contributed by atoms with van der Waals surface area (Å²) in [5.41, 5.74) is 1.85. The summed E-state index contributed by atoms with van der Waals surface area (Å²) < 4.78 is 0. The number of hydrogen-bond acceptors (Lipinski definition) is 1. The van der Waals surface area contributed by atoms with Crippen LogP contribution >= 0.6 is 11.6 Å². The van der Waals surface area contributed by atoms with Gasteiger partial charge in [0.05, 0.1) is 0 Å². The Kier molecular flexibility index (Phi) is 4.69. The zero-order chi connectivity index (χ0) is 13.0. The molecule has 0 heterocycles. The van der Waals surface area contributed by atoms with Gasteiger partial charge in [0.25, 0.3) is 0 Å². The Morgan fingerprint density at radius 1 is 1.33 bits per heavy atom. The fraction of sp³-hybridized carbons (Fsp3) is 0.625. The van der Waals surface area contributed by atoms with Gasteiger partial charge < -0.3 is 5.32 Å². The van der Waals surface area contributed by atoms with Crippen LogP contribution in [0.4, 0.5) is 0 Å². The molecular formula is C16H24ClN. The summed E-state index contributed by atoms with van der Waals surface area (Å²) in [6, 6.07) is 8.87. The van der Waals surface area contributed by atoms with Gasteiger partial charge in [0.1, 0.15) is 0 Å². The lowest BCUT2D eigenvalue weighted by molar-refractivity contribution is 0.192. The fourth-order valence-corrected chi connectivity index (χ4v) is 3.76. The normalized spacial score (nSPS) is 19.9. The van der Waals surface area contributed by atoms with Crippen LogP contribution in [-0.4, -0.2) is 13.1 Å². The molecule has 1 nitrogen and oxygen atoms in total. The summed E-state index contributed by atoms with van der Waals surface area (Å²) in [5.74, 6) is 0. The van der Waals surface area contributed by atoms with Crippen molar-refractivity contribution in [1.29, 1.82) is 0 Å². The maximum Gasteiger partial charge on any atom is 0.0408 e. The predicted molar refractivity (Wildman–Crippen MR) is 79.2 cm³/mol. The van der Waals surface area contributed by atoms with E-state index in [1.165, 1.54) is 37.7 Å². The quantitative estimate of drug-likeness (QED) is 0.830. The third kappa shape index (κ3) is 2.89. The van der Waals surface area contributed by atoms with Gasteiger partial charge in [-0.25, -0.2) is 0 Å². The number of nitrogens with one attached hydrogen (secondary N) is 1. The van der Waals surface area contributed by atoms with Crippen LogP contribution in [0.5, 0.6) is 0 Å². The Morgan fingerprint density at radius 2 is 2.06 bits per heavy atom. The van der Waals surface area contributed by atoms with E-state index in [0.29, 0.717) is 11.5 Å². The van der Waals surface area contributed by atoms with Gasteiger partial charge in [-0.05, 0) is 55.8 Å². The van der Waals surface area contributed by atoms with Gasteiger partial charge in [-0.3, -0.25) is 0 Å². The lowest BCUT2D eigenvalue weighted by Crippen LogP contribution is -2.43. The zero-order valence-electron chi connectivity index (χ0n) is 11.5. The van der Waals surface area contributed by atoms with Crippen LogP contribution in [0, 0.1) is 5.41 Å². The molecule has 1 fully saturated rings. The molecule has 0 amide bonds. The smallest absolute Gasteiger partial charge is 0.0408 e. The van der Waals surface area contributed by atoms with E-state index in [9.17, 15) is 0 Å². The summed E-state index contributed by atoms with van der Waals surface area (Å²) in [4.78, 5) is 0. The molecule has 1 aliphatic carbocycles. The Labute approximate surface area is 116 Å². The van der Waals surface area contributed by atoms with E-state index in [-0.39, 0.29) is 0 Å². The van der Waals surface area contributed by atoms with E-state index in [2.05, 4.69) is 37.5 Å². The molecule has 1 saturated carbocycles. The summed E-state index contributed by atoms with van der Waals surface area (Å²) in [7, 11) is 2.10. The van der Waals surface area contributed by atoms with Crippen molar-refractivity contribution in [1.82, 2.24) is 5.32 Å². The molecule has 0 radical (unpaired) electrons. The highest BCUT2D eigenvalue weighted by Crippen LogP contribution is 2.44. The average molecular weight is 266 g/mol. The molecule has 2 rings (SSSR count). The summed E-state index contributed by atoms with van der Waals surface area (Å²) in [6.45, 7) is 2.34. The maximum absolute atomic E-state index is 6.08. The molecule has 2 heteroatoms. The number of likely N-dealkylation sites (N-methyl/N-ethyl adjacent to an activating group) is 1. The van der Waals surface area contributed by atoms with Gasteiger partial charge in [-0.15, -0.1) is 0 Å². The van der Waals surface area contributed by atoms with Crippen LogP contribution in [0.1, 0.15) is 44.6 Å². The first kappa shape index (κ1) is 13.9. The third-order valence-corrected chi connectivity index (χ3v) is 4.96. The van der Waals surface area contributed by atoms with Crippen LogP contribution in [-0.2, 0) is 6.42 Å². The van der Waals surface area contributed by atoms with E-state index >= 15 is 0 Å². The number of halogens is 1. The van der Waals surface area contributed by atoms with E-state index in [4.69, 9.17) is 11.6 Å². The molecular weight excluding hydrogens is 242 g/mol. The van der Waals surface area contributed by atoms with E-state index in [0.717, 1.165) is 11.4 Å². The number of hydrogen-bond donors (Lipinski definition) is 1. The second-order valence-electron chi connectivity index (χ2n) is 5.60. The highest BCUT2D eigenvalue weighted by atomic mass is 35.5. The third-order valence-electron chi connectivity index (χ3n) is 4.72. The molecule has 0 bridgehead atoms. The molecule has 1 aromatic rings. The molecule has 1 unspecified atom stereocenters. The molecule has 0 saturated heterocycles. The molecule has 1 atom stereocenters. The Bertz CT molecular complexity index is 382. The van der Waals surface area contributed by atoms with Crippen molar-refractivity contribution in [3.63, 3.8) is 0 Å². The van der Waals surface area contributed by atoms with Crippen molar-refractivity contribution in [2.75, 3.05) is 7.05 Å². The standard InChI is InChI=1S/C16H24ClN/c1-3-16(9-4-5-10-16)15(18-2)12-13-7-6-8-14(17)11-13/h6-8,11,15,18H,3-5,9-10,12H2,1-2H3. The van der Waals surface area contributed by atoms with E-state index in [1.807, 2.05) is 6.07 Å². The topological polar surface area (TPSA) is 12.0 Å². The first-order chi connectivity index (χ1) is 8.70. The van der Waals surface area contributed by atoms with Gasteiger partial charge in [0, 0.05) is 11.1 Å². The van der Waals surface area contributed by atoms with Gasteiger partial charge >= 0.3 is 0 Å². The molecule has 0 spiro atoms. The Morgan fingerprint density at radius 3 is 2.61 bits per heavy atom. The molecule has 1 aliphatic rings. The number of rotatable bonds is 5. The molecule has 100 valence electrons. The van der Waals surface area contributed by atoms with Gasteiger partial charge in [-0.1, -0.05) is 43.5 Å². The Hall–Kier alpha value is -0.530. The van der Waals surface area contributed by atoms with E-state index in [1.54, 1.807) is 0 Å². The first-order valence-electron chi connectivity index (χ1n) is 7.12.